The lowest BCUT2D eigenvalue weighted by molar-refractivity contribution is -0.186. The summed E-state index contributed by atoms with van der Waals surface area (Å²) in [6.45, 7) is 7.61. The maximum Gasteiger partial charge on any atom is 0.391 e. The predicted octanol–water partition coefficient (Wildman–Crippen LogP) is 5.89. The Morgan fingerprint density at radius 1 is 1.11 bits per heavy atom. The molecular weight excluding hydrogens is 690 g/mol. The highest BCUT2D eigenvalue weighted by Crippen LogP contribution is 2.55. The highest BCUT2D eigenvalue weighted by Gasteiger charge is 2.60. The minimum absolute atomic E-state index is 0.00747. The second-order valence-corrected chi connectivity index (χ2v) is 16.9. The van der Waals surface area contributed by atoms with Crippen LogP contribution in [0.25, 0.3) is 0 Å². The van der Waals surface area contributed by atoms with Gasteiger partial charge in [0.15, 0.2) is 0 Å². The monoisotopic (exact) mass is 737 g/mol. The normalized spacial score (nSPS) is 28.1. The number of carbonyl (C=O) groups excluding carboxylic acids is 2. The number of nitrogens with zero attached hydrogens (tertiary/aromatic N) is 4. The van der Waals surface area contributed by atoms with Gasteiger partial charge >= 0.3 is 6.18 Å². The minimum atomic E-state index is -4.24. The van der Waals surface area contributed by atoms with Gasteiger partial charge in [0.1, 0.15) is 12.0 Å². The number of rotatable bonds is 9. The van der Waals surface area contributed by atoms with Gasteiger partial charge in [-0.25, -0.2) is 4.39 Å². The lowest BCUT2D eigenvalue weighted by Crippen LogP contribution is -2.63. The molecule has 8 rings (SSSR count). The Bertz CT molecular complexity index is 1860. The number of halogens is 4. The number of aliphatic hydroxyl groups excluding tert-OH is 1. The summed E-state index contributed by atoms with van der Waals surface area (Å²) in [6, 6.07) is 11.8. The van der Waals surface area contributed by atoms with Crippen molar-refractivity contribution < 1.29 is 37.0 Å². The Hall–Kier alpha value is -3.81. The minimum Gasteiger partial charge on any atom is -0.376 e. The molecule has 53 heavy (non-hydrogen) atoms. The van der Waals surface area contributed by atoms with Crippen LogP contribution in [0.5, 0.6) is 0 Å². The van der Waals surface area contributed by atoms with E-state index >= 15 is 0 Å². The van der Waals surface area contributed by atoms with Gasteiger partial charge in [-0.3, -0.25) is 19.2 Å². The Kier molecular flexibility index (Phi) is 9.21. The average molecular weight is 738 g/mol. The van der Waals surface area contributed by atoms with Gasteiger partial charge in [-0.05, 0) is 71.8 Å². The molecule has 2 amide bonds. The predicted molar refractivity (Wildman–Crippen MR) is 187 cm³/mol. The van der Waals surface area contributed by atoms with Crippen LogP contribution in [0.3, 0.4) is 0 Å². The summed E-state index contributed by atoms with van der Waals surface area (Å²) in [5.41, 5.74) is 3.27. The van der Waals surface area contributed by atoms with Gasteiger partial charge in [-0.1, -0.05) is 44.2 Å². The van der Waals surface area contributed by atoms with Crippen LogP contribution in [-0.2, 0) is 22.7 Å². The van der Waals surface area contributed by atoms with Gasteiger partial charge in [0.2, 0.25) is 5.91 Å². The van der Waals surface area contributed by atoms with Gasteiger partial charge in [-0.15, -0.1) is 0 Å². The number of nitrogens with one attached hydrogen (secondary N) is 1. The Morgan fingerprint density at radius 3 is 2.58 bits per heavy atom. The van der Waals surface area contributed by atoms with E-state index in [1.54, 1.807) is 29.2 Å². The summed E-state index contributed by atoms with van der Waals surface area (Å²) >= 11 is 0. The molecule has 2 saturated heterocycles. The van der Waals surface area contributed by atoms with E-state index in [4.69, 9.17) is 4.74 Å². The van der Waals surface area contributed by atoms with Crippen molar-refractivity contribution in [3.8, 4) is 0 Å². The van der Waals surface area contributed by atoms with Crippen LogP contribution >= 0.6 is 0 Å². The SMILES string of the molecule is CC1(C)C[C@@H]1C(=O)N1CC2(C1)CN(C(O)c1cnn(Cc3ccc(F)cc3)c1)CC2COCc1cccc2c1C(=O)NCC1CC(C(F)(F)F)CCC21. The first-order valence-corrected chi connectivity index (χ1v) is 18.7. The number of ether oxygens (including phenoxy) is 1. The van der Waals surface area contributed by atoms with E-state index in [0.717, 1.165) is 17.5 Å². The maximum atomic E-state index is 13.6. The molecule has 4 fully saturated rings. The number of hydrogen-bond acceptors (Lipinski definition) is 6. The van der Waals surface area contributed by atoms with Crippen molar-refractivity contribution >= 4 is 11.8 Å². The number of carbonyl (C=O) groups is 2. The largest absolute Gasteiger partial charge is 0.391 e. The van der Waals surface area contributed by atoms with Crippen LogP contribution < -0.4 is 5.32 Å². The molecule has 6 atom stereocenters. The molecule has 9 nitrogen and oxygen atoms in total. The summed E-state index contributed by atoms with van der Waals surface area (Å²) in [5.74, 6) is -2.15. The first kappa shape index (κ1) is 36.2. The molecule has 1 spiro atoms. The molecule has 2 saturated carbocycles. The fourth-order valence-electron chi connectivity index (χ4n) is 9.56. The topological polar surface area (TPSA) is 99.9 Å². The average Bonchev–Trinajstić information content (AvgIpc) is 3.38. The third-order valence-corrected chi connectivity index (χ3v) is 12.9. The molecule has 284 valence electrons. The molecule has 3 aliphatic heterocycles. The van der Waals surface area contributed by atoms with Crippen LogP contribution in [-0.4, -0.2) is 82.0 Å². The van der Waals surface area contributed by atoms with E-state index in [1.165, 1.54) is 12.1 Å². The molecule has 13 heteroatoms. The molecular formula is C40H47F4N5O4. The fraction of sp³-hybridized carbons (Fsp3) is 0.575. The number of amides is 2. The van der Waals surface area contributed by atoms with Crippen molar-refractivity contribution in [2.75, 3.05) is 39.3 Å². The van der Waals surface area contributed by atoms with Crippen molar-refractivity contribution in [2.24, 2.45) is 34.5 Å². The molecule has 4 heterocycles. The van der Waals surface area contributed by atoms with Crippen molar-refractivity contribution in [3.63, 3.8) is 0 Å². The van der Waals surface area contributed by atoms with Crippen molar-refractivity contribution in [3.05, 3.63) is 88.5 Å². The molecule has 0 bridgehead atoms. The van der Waals surface area contributed by atoms with E-state index in [-0.39, 0.29) is 78.1 Å². The van der Waals surface area contributed by atoms with Gasteiger partial charge in [0.25, 0.3) is 5.91 Å². The maximum absolute atomic E-state index is 13.6. The number of likely N-dealkylation sites (tertiary alicyclic amines) is 2. The van der Waals surface area contributed by atoms with Crippen LogP contribution in [0.1, 0.15) is 84.3 Å². The highest BCUT2D eigenvalue weighted by molar-refractivity contribution is 5.97. The lowest BCUT2D eigenvalue weighted by Gasteiger charge is -2.51. The number of alkyl halides is 3. The Morgan fingerprint density at radius 2 is 1.87 bits per heavy atom. The standard InChI is InChI=1S/C40H47F4N5O4/c1-38(2)13-33(38)37(52)48-22-39(23-48)21-47(36(51)27-15-46-49(17-27)16-24-6-9-30(41)10-7-24)18-29(39)20-53-19-25-4-3-5-32-31-11-8-28(40(42,43)44)12-26(31)14-45-35(50)34(25)32/h3-7,9-10,15,17,26,28-29,31,33,36,51H,8,11-14,16,18-23H2,1-2H3,(H,45,50)/t26?,28?,29?,31?,33-,36?/m1/s1. The molecule has 3 aromatic rings. The molecule has 0 radical (unpaired) electrons. The summed E-state index contributed by atoms with van der Waals surface area (Å²) < 4.78 is 62.3. The first-order valence-electron chi connectivity index (χ1n) is 18.7. The third kappa shape index (κ3) is 7.00. The summed E-state index contributed by atoms with van der Waals surface area (Å²) in [4.78, 5) is 30.7. The third-order valence-electron chi connectivity index (χ3n) is 12.9. The van der Waals surface area contributed by atoms with Crippen LogP contribution in [0, 0.1) is 40.3 Å². The molecule has 2 N–H and O–H groups in total. The number of aliphatic hydroxyl groups is 1. The highest BCUT2D eigenvalue weighted by atomic mass is 19.4. The van der Waals surface area contributed by atoms with Crippen LogP contribution in [0.15, 0.2) is 54.9 Å². The zero-order valence-corrected chi connectivity index (χ0v) is 30.1. The van der Waals surface area contributed by atoms with E-state index in [0.29, 0.717) is 62.4 Å². The Balaban J connectivity index is 0.964. The lowest BCUT2D eigenvalue weighted by atomic mass is 9.70. The van der Waals surface area contributed by atoms with Crippen molar-refractivity contribution in [1.82, 2.24) is 24.9 Å². The molecule has 2 aromatic carbocycles. The molecule has 5 unspecified atom stereocenters. The Labute approximate surface area is 306 Å². The van der Waals surface area contributed by atoms with Crippen LogP contribution in [0.4, 0.5) is 17.6 Å². The second-order valence-electron chi connectivity index (χ2n) is 16.9. The van der Waals surface area contributed by atoms with Crippen molar-refractivity contribution in [2.45, 2.75) is 71.0 Å². The van der Waals surface area contributed by atoms with Gasteiger partial charge in [0, 0.05) is 67.3 Å². The van der Waals surface area contributed by atoms with Gasteiger partial charge < -0.3 is 20.1 Å². The second kappa shape index (κ2) is 13.5. The molecule has 2 aliphatic carbocycles. The summed E-state index contributed by atoms with van der Waals surface area (Å²) in [5, 5.41) is 18.9. The summed E-state index contributed by atoms with van der Waals surface area (Å²) in [6.07, 6.45) is -0.414. The zero-order chi connectivity index (χ0) is 37.3. The number of hydrogen-bond donors (Lipinski definition) is 2. The van der Waals surface area contributed by atoms with Gasteiger partial charge in [0.05, 0.1) is 31.9 Å². The number of benzene rings is 2. The first-order chi connectivity index (χ1) is 25.2. The summed E-state index contributed by atoms with van der Waals surface area (Å²) in [7, 11) is 0. The fourth-order valence-corrected chi connectivity index (χ4v) is 9.56. The van der Waals surface area contributed by atoms with E-state index in [2.05, 4.69) is 24.3 Å². The van der Waals surface area contributed by atoms with Crippen molar-refractivity contribution in [1.29, 1.82) is 0 Å². The smallest absolute Gasteiger partial charge is 0.376 e. The van der Waals surface area contributed by atoms with Crippen LogP contribution in [0.2, 0.25) is 0 Å². The van der Waals surface area contributed by atoms with E-state index in [9.17, 15) is 32.3 Å². The van der Waals surface area contributed by atoms with E-state index < -0.39 is 18.3 Å². The zero-order valence-electron chi connectivity index (χ0n) is 30.1. The molecule has 1 aromatic heterocycles. The quantitative estimate of drug-likeness (QED) is 0.266. The number of aromatic nitrogens is 2. The number of fused-ring (bicyclic) bond motifs is 3. The van der Waals surface area contributed by atoms with Gasteiger partial charge in [-0.2, -0.15) is 18.3 Å². The van der Waals surface area contributed by atoms with E-state index in [1.807, 2.05) is 28.0 Å². The molecule has 5 aliphatic rings.